The fourth-order valence-corrected chi connectivity index (χ4v) is 7.56. The molecule has 6 N–H and O–H groups in total. The summed E-state index contributed by atoms with van der Waals surface area (Å²) in [5.74, 6) is 0.699. The summed E-state index contributed by atoms with van der Waals surface area (Å²) in [7, 11) is 0. The second-order valence-corrected chi connectivity index (χ2v) is 16.4. The van der Waals surface area contributed by atoms with Gasteiger partial charge < -0.3 is 45.1 Å². The molecule has 2 aromatic carbocycles. The first-order valence-electron chi connectivity index (χ1n) is 22.7. The first-order chi connectivity index (χ1) is 28.6. The van der Waals surface area contributed by atoms with Gasteiger partial charge in [0, 0.05) is 6.42 Å². The minimum atomic E-state index is -1.70. The number of carbonyl (C=O) groups excluding carboxylic acids is 1. The van der Waals surface area contributed by atoms with Gasteiger partial charge in [0.1, 0.15) is 54.5 Å². The number of alkyl halides is 1. The number of ether oxygens (including phenoxy) is 3. The van der Waals surface area contributed by atoms with Crippen LogP contribution in [0.15, 0.2) is 48.5 Å². The zero-order chi connectivity index (χ0) is 42.7. The van der Waals surface area contributed by atoms with Crippen LogP contribution < -0.4 is 10.1 Å². The number of aliphatic hydroxyl groups excluding tert-OH is 5. The van der Waals surface area contributed by atoms with Crippen molar-refractivity contribution < 1.29 is 53.3 Å². The van der Waals surface area contributed by atoms with Crippen molar-refractivity contribution in [2.45, 2.75) is 204 Å². The van der Waals surface area contributed by atoms with E-state index in [-0.39, 0.29) is 24.8 Å². The van der Waals surface area contributed by atoms with Crippen LogP contribution in [0.5, 0.6) is 11.5 Å². The molecule has 0 aliphatic carbocycles. The molecule has 2 aromatic rings. The Morgan fingerprint density at radius 2 is 1.20 bits per heavy atom. The van der Waals surface area contributed by atoms with Gasteiger partial charge in [-0.2, -0.15) is 0 Å². The molecule has 0 radical (unpaired) electrons. The molecule has 1 saturated heterocycles. The lowest BCUT2D eigenvalue weighted by molar-refractivity contribution is -0.300. The summed E-state index contributed by atoms with van der Waals surface area (Å²) < 4.78 is 43.3. The van der Waals surface area contributed by atoms with Gasteiger partial charge >= 0.3 is 0 Å². The van der Waals surface area contributed by atoms with Crippen LogP contribution in [0.3, 0.4) is 0 Å². The second kappa shape index (κ2) is 30.3. The summed E-state index contributed by atoms with van der Waals surface area (Å²) in [5.41, 5.74) is 1.24. The molecule has 1 aliphatic heterocycles. The maximum Gasteiger partial charge on any atom is 0.220 e. The molecule has 2 unspecified atom stereocenters. The number of aryl methyl sites for hydroxylation is 1. The highest BCUT2D eigenvalue weighted by molar-refractivity contribution is 5.76. The number of benzene rings is 2. The molecule has 10 nitrogen and oxygen atoms in total. The smallest absolute Gasteiger partial charge is 0.220 e. The van der Waals surface area contributed by atoms with Gasteiger partial charge in [-0.05, 0) is 67.6 Å². The molecule has 0 saturated carbocycles. The van der Waals surface area contributed by atoms with Crippen molar-refractivity contribution in [3.05, 3.63) is 59.9 Å². The van der Waals surface area contributed by atoms with E-state index in [1.54, 1.807) is 12.1 Å². The van der Waals surface area contributed by atoms with Crippen LogP contribution in [0.2, 0.25) is 0 Å². The van der Waals surface area contributed by atoms with Crippen LogP contribution in [0.1, 0.15) is 154 Å². The highest BCUT2D eigenvalue weighted by Gasteiger charge is 2.45. The van der Waals surface area contributed by atoms with E-state index < -0.39 is 55.6 Å². The first-order valence-corrected chi connectivity index (χ1v) is 22.7. The lowest BCUT2D eigenvalue weighted by atomic mass is 9.98. The summed E-state index contributed by atoms with van der Waals surface area (Å²) in [6.45, 7) is 0.744. The topological polar surface area (TPSA) is 158 Å². The summed E-state index contributed by atoms with van der Waals surface area (Å²) in [4.78, 5) is 13.0. The minimum Gasteiger partial charge on any atom is -0.457 e. The van der Waals surface area contributed by atoms with Crippen molar-refractivity contribution in [3.8, 4) is 11.5 Å². The largest absolute Gasteiger partial charge is 0.457 e. The number of halogens is 2. The number of amides is 1. The molecule has 59 heavy (non-hydrogen) atoms. The number of rotatable bonds is 33. The number of unbranched alkanes of at least 4 members (excludes halogenated alkanes) is 18. The standard InChI is InChI=1S/C47H75F2NO9/c1-2-3-4-5-6-7-8-9-10-14-17-20-23-40(51)43(53)39(34-57-47-46(56)45(55)44(54)41(33-48)59-47)50-42(52)24-21-18-15-12-11-13-16-19-22-35-25-29-37(30-26-35)58-38-31-27-36(49)28-32-38/h25-32,39-41,43-47,51,53-56H,2-24,33-34H2,1H3,(H,50,52)/t39-,40+,41?,43-,44+,45-,46?,47-/m0/s1. The molecule has 3 rings (SSSR count). The van der Waals surface area contributed by atoms with Gasteiger partial charge in [-0.3, -0.25) is 4.79 Å². The summed E-state index contributed by atoms with van der Waals surface area (Å²) in [5, 5.41) is 55.4. The van der Waals surface area contributed by atoms with E-state index in [0.717, 1.165) is 70.6 Å². The molecule has 1 fully saturated rings. The Labute approximate surface area is 352 Å². The van der Waals surface area contributed by atoms with Gasteiger partial charge in [-0.25, -0.2) is 8.78 Å². The van der Waals surface area contributed by atoms with E-state index in [0.29, 0.717) is 30.8 Å². The Morgan fingerprint density at radius 1 is 0.695 bits per heavy atom. The van der Waals surface area contributed by atoms with E-state index in [9.17, 15) is 39.1 Å². The van der Waals surface area contributed by atoms with Gasteiger partial charge in [0.15, 0.2) is 6.29 Å². The van der Waals surface area contributed by atoms with Gasteiger partial charge in [-0.1, -0.05) is 135 Å². The zero-order valence-corrected chi connectivity index (χ0v) is 35.5. The normalized spacial score (nSPS) is 20.9. The third-order valence-corrected chi connectivity index (χ3v) is 11.4. The van der Waals surface area contributed by atoms with Crippen molar-refractivity contribution in [1.82, 2.24) is 5.32 Å². The van der Waals surface area contributed by atoms with Crippen LogP contribution in [-0.4, -0.2) is 93.7 Å². The number of hydrogen-bond acceptors (Lipinski definition) is 9. The van der Waals surface area contributed by atoms with Gasteiger partial charge in [-0.15, -0.1) is 0 Å². The zero-order valence-electron chi connectivity index (χ0n) is 35.5. The Kier molecular flexibility index (Phi) is 26.0. The molecular formula is C47H75F2NO9. The summed E-state index contributed by atoms with van der Waals surface area (Å²) >= 11 is 0. The maximum absolute atomic E-state index is 13.4. The van der Waals surface area contributed by atoms with Crippen LogP contribution in [0, 0.1) is 5.82 Å². The number of aliphatic hydroxyl groups is 5. The third-order valence-electron chi connectivity index (χ3n) is 11.4. The van der Waals surface area contributed by atoms with Crippen LogP contribution in [0.4, 0.5) is 8.78 Å². The predicted molar refractivity (Wildman–Crippen MR) is 226 cm³/mol. The van der Waals surface area contributed by atoms with Crippen LogP contribution in [0.25, 0.3) is 0 Å². The molecule has 8 atom stereocenters. The molecule has 0 aromatic heterocycles. The van der Waals surface area contributed by atoms with Crippen molar-refractivity contribution in [2.75, 3.05) is 13.3 Å². The number of carbonyl (C=O) groups is 1. The molecule has 1 aliphatic rings. The lowest BCUT2D eigenvalue weighted by Gasteiger charge is -2.40. The highest BCUT2D eigenvalue weighted by Crippen LogP contribution is 2.25. The number of hydrogen-bond donors (Lipinski definition) is 6. The monoisotopic (exact) mass is 836 g/mol. The van der Waals surface area contributed by atoms with Gasteiger partial charge in [0.25, 0.3) is 0 Å². The van der Waals surface area contributed by atoms with E-state index in [4.69, 9.17) is 14.2 Å². The molecule has 1 amide bonds. The minimum absolute atomic E-state index is 0.225. The quantitative estimate of drug-likeness (QED) is 0.0387. The fraction of sp³-hybridized carbons (Fsp3) is 0.723. The SMILES string of the molecule is CCCCCCCCCCCCCC[C@@H](O)[C@@H](O)[C@H](CO[C@H]1OC(CF)[C@@H](O)[C@H](O)C1O)NC(=O)CCCCCCCCCCc1ccc(Oc2ccc(F)cc2)cc1. The highest BCUT2D eigenvalue weighted by atomic mass is 19.1. The van der Waals surface area contributed by atoms with E-state index in [1.807, 2.05) is 12.1 Å². The molecule has 12 heteroatoms. The Morgan fingerprint density at radius 3 is 1.76 bits per heavy atom. The average molecular weight is 836 g/mol. The lowest BCUT2D eigenvalue weighted by Crippen LogP contribution is -2.60. The molecule has 0 bridgehead atoms. The van der Waals surface area contributed by atoms with Crippen LogP contribution >= 0.6 is 0 Å². The Balaban J connectivity index is 1.32. The van der Waals surface area contributed by atoms with E-state index in [2.05, 4.69) is 24.4 Å². The first kappa shape index (κ1) is 50.6. The van der Waals surface area contributed by atoms with Gasteiger partial charge in [0.05, 0.1) is 18.8 Å². The van der Waals surface area contributed by atoms with Crippen molar-refractivity contribution in [3.63, 3.8) is 0 Å². The summed E-state index contributed by atoms with van der Waals surface area (Å²) in [6.07, 6.45) is 13.3. The Bertz CT molecular complexity index is 1350. The Hall–Kier alpha value is -2.71. The molecule has 336 valence electrons. The predicted octanol–water partition coefficient (Wildman–Crippen LogP) is 8.76. The second-order valence-electron chi connectivity index (χ2n) is 16.4. The average Bonchev–Trinajstić information content (AvgIpc) is 3.24. The molecule has 1 heterocycles. The maximum atomic E-state index is 13.4. The number of nitrogens with one attached hydrogen (secondary N) is 1. The fourth-order valence-electron chi connectivity index (χ4n) is 7.56. The van der Waals surface area contributed by atoms with Crippen molar-refractivity contribution >= 4 is 5.91 Å². The van der Waals surface area contributed by atoms with E-state index in [1.165, 1.54) is 69.1 Å². The third kappa shape index (κ3) is 20.6. The summed E-state index contributed by atoms with van der Waals surface area (Å²) in [6, 6.07) is 12.9. The van der Waals surface area contributed by atoms with Crippen LogP contribution in [-0.2, 0) is 20.7 Å². The molecular weight excluding hydrogens is 761 g/mol. The van der Waals surface area contributed by atoms with Crippen molar-refractivity contribution in [2.24, 2.45) is 0 Å². The van der Waals surface area contributed by atoms with Crippen molar-refractivity contribution in [1.29, 1.82) is 0 Å². The molecule has 0 spiro atoms. The van der Waals surface area contributed by atoms with Gasteiger partial charge in [0.2, 0.25) is 5.91 Å². The van der Waals surface area contributed by atoms with E-state index >= 15 is 0 Å².